The zero-order chi connectivity index (χ0) is 18.2. The number of anilines is 1. The summed E-state index contributed by atoms with van der Waals surface area (Å²) in [6.45, 7) is 2.17. The second-order valence-corrected chi connectivity index (χ2v) is 5.67. The average Bonchev–Trinajstić information content (AvgIpc) is 2.66. The summed E-state index contributed by atoms with van der Waals surface area (Å²) in [5.74, 6) is 1.12. The van der Waals surface area contributed by atoms with Crippen molar-refractivity contribution in [2.24, 2.45) is 0 Å². The second-order valence-electron chi connectivity index (χ2n) is 5.67. The average molecular weight is 343 g/mol. The number of amides is 1. The van der Waals surface area contributed by atoms with E-state index in [4.69, 9.17) is 14.2 Å². The smallest absolute Gasteiger partial charge is 0.255 e. The van der Waals surface area contributed by atoms with E-state index >= 15 is 0 Å². The van der Waals surface area contributed by atoms with Crippen LogP contribution in [0.1, 0.15) is 35.7 Å². The van der Waals surface area contributed by atoms with Crippen LogP contribution in [0.4, 0.5) is 5.69 Å². The Kier molecular flexibility index (Phi) is 6.69. The van der Waals surface area contributed by atoms with Gasteiger partial charge < -0.3 is 19.5 Å². The molecule has 0 saturated heterocycles. The Morgan fingerprint density at radius 3 is 2.04 bits per heavy atom. The Labute approximate surface area is 148 Å². The first kappa shape index (κ1) is 18.6. The number of hydrogen-bond donors (Lipinski definition) is 1. The molecule has 5 heteroatoms. The van der Waals surface area contributed by atoms with E-state index in [0.29, 0.717) is 22.8 Å². The largest absolute Gasteiger partial charge is 0.493 e. The molecule has 0 spiro atoms. The van der Waals surface area contributed by atoms with E-state index in [1.807, 2.05) is 24.3 Å². The predicted octanol–water partition coefficient (Wildman–Crippen LogP) is 4.31. The number of hydrogen-bond acceptors (Lipinski definition) is 4. The number of carbonyl (C=O) groups is 1. The van der Waals surface area contributed by atoms with Crippen LogP contribution in [0.2, 0.25) is 0 Å². The molecular formula is C20H25NO4. The van der Waals surface area contributed by atoms with Gasteiger partial charge in [0.25, 0.3) is 5.91 Å². The van der Waals surface area contributed by atoms with Crippen LogP contribution in [0.15, 0.2) is 36.4 Å². The number of rotatable bonds is 8. The topological polar surface area (TPSA) is 56.8 Å². The van der Waals surface area contributed by atoms with Gasteiger partial charge in [0.2, 0.25) is 5.75 Å². The maximum atomic E-state index is 12.5. The molecule has 0 bridgehead atoms. The lowest BCUT2D eigenvalue weighted by Gasteiger charge is -2.14. The van der Waals surface area contributed by atoms with Gasteiger partial charge in [-0.1, -0.05) is 25.5 Å². The van der Waals surface area contributed by atoms with Gasteiger partial charge in [-0.3, -0.25) is 4.79 Å². The molecule has 1 N–H and O–H groups in total. The number of nitrogens with one attached hydrogen (secondary N) is 1. The van der Waals surface area contributed by atoms with Crippen LogP contribution in [-0.2, 0) is 6.42 Å². The zero-order valence-electron chi connectivity index (χ0n) is 15.2. The molecule has 2 aromatic rings. The fourth-order valence-electron chi connectivity index (χ4n) is 2.55. The third-order valence-corrected chi connectivity index (χ3v) is 3.96. The van der Waals surface area contributed by atoms with E-state index in [9.17, 15) is 4.79 Å². The van der Waals surface area contributed by atoms with Gasteiger partial charge in [0.15, 0.2) is 11.5 Å². The summed E-state index contributed by atoms with van der Waals surface area (Å²) in [5.41, 5.74) is 2.45. The first-order chi connectivity index (χ1) is 12.1. The molecule has 25 heavy (non-hydrogen) atoms. The van der Waals surface area contributed by atoms with E-state index in [0.717, 1.165) is 18.5 Å². The minimum absolute atomic E-state index is 0.236. The summed E-state index contributed by atoms with van der Waals surface area (Å²) in [6.07, 6.45) is 3.38. The highest BCUT2D eigenvalue weighted by Crippen LogP contribution is 2.38. The van der Waals surface area contributed by atoms with Crippen LogP contribution < -0.4 is 19.5 Å². The van der Waals surface area contributed by atoms with Crippen molar-refractivity contribution in [2.75, 3.05) is 26.6 Å². The Bertz CT molecular complexity index is 685. The van der Waals surface area contributed by atoms with E-state index in [-0.39, 0.29) is 5.91 Å². The number of benzene rings is 2. The van der Waals surface area contributed by atoms with Crippen LogP contribution in [-0.4, -0.2) is 27.2 Å². The number of unbranched alkanes of at least 4 members (excludes halogenated alkanes) is 1. The number of aryl methyl sites for hydroxylation is 1. The fourth-order valence-corrected chi connectivity index (χ4v) is 2.55. The lowest BCUT2D eigenvalue weighted by Crippen LogP contribution is -2.12. The quantitative estimate of drug-likeness (QED) is 0.776. The molecular weight excluding hydrogens is 318 g/mol. The van der Waals surface area contributed by atoms with E-state index in [2.05, 4.69) is 12.2 Å². The van der Waals surface area contributed by atoms with Crippen molar-refractivity contribution in [3.63, 3.8) is 0 Å². The molecule has 5 nitrogen and oxygen atoms in total. The van der Waals surface area contributed by atoms with Gasteiger partial charge >= 0.3 is 0 Å². The van der Waals surface area contributed by atoms with Crippen molar-refractivity contribution in [3.8, 4) is 17.2 Å². The maximum absolute atomic E-state index is 12.5. The normalized spacial score (nSPS) is 10.2. The van der Waals surface area contributed by atoms with E-state index in [1.165, 1.54) is 33.3 Å². The summed E-state index contributed by atoms with van der Waals surface area (Å²) < 4.78 is 15.9. The highest BCUT2D eigenvalue weighted by atomic mass is 16.5. The van der Waals surface area contributed by atoms with Crippen molar-refractivity contribution in [1.82, 2.24) is 0 Å². The van der Waals surface area contributed by atoms with Gasteiger partial charge in [0.1, 0.15) is 0 Å². The maximum Gasteiger partial charge on any atom is 0.255 e. The van der Waals surface area contributed by atoms with Gasteiger partial charge in [-0.05, 0) is 42.7 Å². The lowest BCUT2D eigenvalue weighted by molar-refractivity contribution is 0.102. The van der Waals surface area contributed by atoms with Crippen molar-refractivity contribution in [1.29, 1.82) is 0 Å². The standard InChI is InChI=1S/C20H25NO4/c1-5-6-7-14-8-10-16(11-9-14)21-20(22)15-12-17(23-2)19(25-4)18(13-15)24-3/h8-13H,5-7H2,1-4H3,(H,21,22). The van der Waals surface area contributed by atoms with Crippen LogP contribution in [0.3, 0.4) is 0 Å². The van der Waals surface area contributed by atoms with Crippen LogP contribution in [0, 0.1) is 0 Å². The van der Waals surface area contributed by atoms with Crippen LogP contribution in [0.25, 0.3) is 0 Å². The molecule has 2 aromatic carbocycles. The molecule has 0 saturated carbocycles. The van der Waals surface area contributed by atoms with Gasteiger partial charge in [0, 0.05) is 11.3 Å². The molecule has 134 valence electrons. The molecule has 2 rings (SSSR count). The summed E-state index contributed by atoms with van der Waals surface area (Å²) >= 11 is 0. The van der Waals surface area contributed by atoms with Crippen molar-refractivity contribution in [3.05, 3.63) is 47.5 Å². The van der Waals surface area contributed by atoms with Crippen molar-refractivity contribution < 1.29 is 19.0 Å². The van der Waals surface area contributed by atoms with Crippen molar-refractivity contribution in [2.45, 2.75) is 26.2 Å². The third-order valence-electron chi connectivity index (χ3n) is 3.96. The summed E-state index contributed by atoms with van der Waals surface area (Å²) in [6, 6.07) is 11.2. The molecule has 0 aromatic heterocycles. The highest BCUT2D eigenvalue weighted by Gasteiger charge is 2.17. The molecule has 0 aliphatic heterocycles. The van der Waals surface area contributed by atoms with Gasteiger partial charge in [0.05, 0.1) is 21.3 Å². The Morgan fingerprint density at radius 2 is 1.56 bits per heavy atom. The zero-order valence-corrected chi connectivity index (χ0v) is 15.2. The minimum atomic E-state index is -0.236. The fraction of sp³-hybridized carbons (Fsp3) is 0.350. The molecule has 0 heterocycles. The highest BCUT2D eigenvalue weighted by molar-refractivity contribution is 6.05. The first-order valence-corrected chi connectivity index (χ1v) is 8.33. The van der Waals surface area contributed by atoms with Gasteiger partial charge in [-0.25, -0.2) is 0 Å². The molecule has 0 aliphatic carbocycles. The van der Waals surface area contributed by atoms with Crippen LogP contribution >= 0.6 is 0 Å². The Hall–Kier alpha value is -2.69. The Morgan fingerprint density at radius 1 is 0.960 bits per heavy atom. The molecule has 0 aliphatic rings. The second kappa shape index (κ2) is 8.97. The molecule has 0 radical (unpaired) electrons. The van der Waals surface area contributed by atoms with Crippen LogP contribution in [0.5, 0.6) is 17.2 Å². The predicted molar refractivity (Wildman–Crippen MR) is 99.1 cm³/mol. The summed E-state index contributed by atoms with van der Waals surface area (Å²) in [4.78, 5) is 12.5. The number of carbonyl (C=O) groups excluding carboxylic acids is 1. The van der Waals surface area contributed by atoms with E-state index < -0.39 is 0 Å². The Balaban J connectivity index is 2.17. The molecule has 0 unspecified atom stereocenters. The number of methoxy groups -OCH3 is 3. The van der Waals surface area contributed by atoms with Gasteiger partial charge in [-0.2, -0.15) is 0 Å². The minimum Gasteiger partial charge on any atom is -0.493 e. The summed E-state index contributed by atoms with van der Waals surface area (Å²) in [7, 11) is 4.57. The third kappa shape index (κ3) is 4.66. The summed E-state index contributed by atoms with van der Waals surface area (Å²) in [5, 5.41) is 2.89. The number of ether oxygens (including phenoxy) is 3. The van der Waals surface area contributed by atoms with Gasteiger partial charge in [-0.15, -0.1) is 0 Å². The molecule has 0 atom stereocenters. The monoisotopic (exact) mass is 343 g/mol. The molecule has 0 fully saturated rings. The van der Waals surface area contributed by atoms with Crippen molar-refractivity contribution >= 4 is 11.6 Å². The molecule has 1 amide bonds. The SMILES string of the molecule is CCCCc1ccc(NC(=O)c2cc(OC)c(OC)c(OC)c2)cc1. The first-order valence-electron chi connectivity index (χ1n) is 8.33. The van der Waals surface area contributed by atoms with E-state index in [1.54, 1.807) is 12.1 Å². The lowest BCUT2D eigenvalue weighted by atomic mass is 10.1.